The van der Waals surface area contributed by atoms with Crippen molar-refractivity contribution in [1.82, 2.24) is 0 Å². The zero-order valence-electron chi connectivity index (χ0n) is 18.5. The predicted octanol–water partition coefficient (Wildman–Crippen LogP) is 5.23. The van der Waals surface area contributed by atoms with Crippen molar-refractivity contribution in [3.8, 4) is 5.75 Å². The summed E-state index contributed by atoms with van der Waals surface area (Å²) in [5, 5.41) is 10.2. The number of hydrogen-bond donors (Lipinski definition) is 1. The van der Waals surface area contributed by atoms with E-state index in [1.165, 1.54) is 28.0 Å². The number of aryl methyl sites for hydroxylation is 1. The van der Waals surface area contributed by atoms with Crippen LogP contribution in [0.25, 0.3) is 0 Å². The molecule has 2 amide bonds. The minimum Gasteiger partial charge on any atom is -0.508 e. The standard InChI is InChI=1S/C26H23F3N2O3/c1-2-30-21-11-9-17(26(27,28)29)14-22(21)31(18-6-4-3-5-7-18)24(34)25(23(30)33)13-12-16-8-10-19(32)15-20(16)25/h4,6-11,14-15,32H,2-3,5,12-13H2,1H3. The van der Waals surface area contributed by atoms with E-state index in [0.29, 0.717) is 24.1 Å². The predicted molar refractivity (Wildman–Crippen MR) is 122 cm³/mol. The van der Waals surface area contributed by atoms with Crippen LogP contribution in [0.3, 0.4) is 0 Å². The fraction of sp³-hybridized carbons (Fsp3) is 0.308. The maximum Gasteiger partial charge on any atom is 0.416 e. The summed E-state index contributed by atoms with van der Waals surface area (Å²) >= 11 is 0. The first-order chi connectivity index (χ1) is 16.2. The molecule has 2 aromatic carbocycles. The number of phenolic OH excluding ortho intramolecular Hbond substituents is 1. The Bertz CT molecular complexity index is 1260. The number of halogens is 3. The molecule has 1 aliphatic heterocycles. The van der Waals surface area contributed by atoms with Crippen molar-refractivity contribution < 1.29 is 27.9 Å². The number of amides is 2. The van der Waals surface area contributed by atoms with E-state index in [1.807, 2.05) is 6.08 Å². The zero-order chi connectivity index (χ0) is 24.3. The smallest absolute Gasteiger partial charge is 0.416 e. The lowest BCUT2D eigenvalue weighted by Gasteiger charge is -2.33. The Morgan fingerprint density at radius 3 is 2.50 bits per heavy atom. The number of alkyl halides is 3. The molecule has 0 radical (unpaired) electrons. The van der Waals surface area contributed by atoms with Gasteiger partial charge < -0.3 is 10.0 Å². The summed E-state index contributed by atoms with van der Waals surface area (Å²) in [6.45, 7) is 1.90. The summed E-state index contributed by atoms with van der Waals surface area (Å²) in [6, 6.07) is 7.80. The summed E-state index contributed by atoms with van der Waals surface area (Å²) in [4.78, 5) is 31.1. The molecular weight excluding hydrogens is 445 g/mol. The van der Waals surface area contributed by atoms with Gasteiger partial charge in [0.2, 0.25) is 5.91 Å². The summed E-state index contributed by atoms with van der Waals surface area (Å²) < 4.78 is 41.0. The van der Waals surface area contributed by atoms with Crippen molar-refractivity contribution in [2.45, 2.75) is 44.2 Å². The molecule has 2 aromatic rings. The molecule has 0 saturated heterocycles. The monoisotopic (exact) mass is 468 g/mol. The maximum absolute atomic E-state index is 14.4. The second kappa shape index (κ2) is 7.75. The number of likely N-dealkylation sites (N-methyl/N-ethyl adjacent to an activating group) is 1. The van der Waals surface area contributed by atoms with Gasteiger partial charge >= 0.3 is 6.18 Å². The van der Waals surface area contributed by atoms with Gasteiger partial charge in [0.15, 0.2) is 5.41 Å². The number of benzene rings is 2. The molecule has 0 saturated carbocycles. The van der Waals surface area contributed by atoms with E-state index in [9.17, 15) is 27.9 Å². The molecule has 8 heteroatoms. The van der Waals surface area contributed by atoms with Crippen molar-refractivity contribution in [3.05, 3.63) is 77.0 Å². The Balaban J connectivity index is 1.82. The number of carbonyl (C=O) groups excluding carboxylic acids is 2. The average Bonchev–Trinajstić information content (AvgIpc) is 3.16. The molecular formula is C26H23F3N2O3. The van der Waals surface area contributed by atoms with E-state index in [1.54, 1.807) is 25.1 Å². The first kappa shape index (κ1) is 22.3. The van der Waals surface area contributed by atoms with Crippen molar-refractivity contribution in [1.29, 1.82) is 0 Å². The highest BCUT2D eigenvalue weighted by Crippen LogP contribution is 2.50. The Labute approximate surface area is 194 Å². The van der Waals surface area contributed by atoms with Crippen molar-refractivity contribution in [3.63, 3.8) is 0 Å². The molecule has 2 aliphatic carbocycles. The molecule has 0 bridgehead atoms. The number of aromatic hydroxyl groups is 1. The molecule has 5 nitrogen and oxygen atoms in total. The third kappa shape index (κ3) is 3.15. The first-order valence-electron chi connectivity index (χ1n) is 11.3. The van der Waals surface area contributed by atoms with Crippen molar-refractivity contribution in [2.24, 2.45) is 0 Å². The van der Waals surface area contributed by atoms with E-state index in [-0.39, 0.29) is 30.1 Å². The number of hydrogen-bond acceptors (Lipinski definition) is 3. The second-order valence-electron chi connectivity index (χ2n) is 8.75. The SMILES string of the molecule is CCN1C(=O)C2(CCc3ccc(O)cc32)C(=O)N(C2=CCCC=C2)c2cc(C(F)(F)F)ccc21. The number of fused-ring (bicyclic) bond motifs is 3. The van der Waals surface area contributed by atoms with Gasteiger partial charge in [-0.3, -0.25) is 14.5 Å². The number of nitrogens with zero attached hydrogens (tertiary/aromatic N) is 2. The van der Waals surface area contributed by atoms with Crippen LogP contribution in [0, 0.1) is 0 Å². The number of carbonyl (C=O) groups is 2. The van der Waals surface area contributed by atoms with E-state index in [0.717, 1.165) is 24.1 Å². The van der Waals surface area contributed by atoms with Crippen molar-refractivity contribution in [2.75, 3.05) is 16.3 Å². The summed E-state index contributed by atoms with van der Waals surface area (Å²) in [5.41, 5.74) is -0.643. The molecule has 0 aromatic heterocycles. The number of phenols is 1. The van der Waals surface area contributed by atoms with Crippen LogP contribution in [0.2, 0.25) is 0 Å². The van der Waals surface area contributed by atoms with Gasteiger partial charge in [-0.25, -0.2) is 0 Å². The van der Waals surface area contributed by atoms with Gasteiger partial charge in [0, 0.05) is 12.2 Å². The van der Waals surface area contributed by atoms with Crippen molar-refractivity contribution >= 4 is 23.2 Å². The van der Waals surface area contributed by atoms with Gasteiger partial charge in [0.25, 0.3) is 5.91 Å². The first-order valence-corrected chi connectivity index (χ1v) is 11.3. The highest BCUT2D eigenvalue weighted by molar-refractivity contribution is 6.26. The van der Waals surface area contributed by atoms with E-state index >= 15 is 0 Å². The molecule has 1 spiro atoms. The molecule has 1 heterocycles. The molecule has 5 rings (SSSR count). The van der Waals surface area contributed by atoms with Crippen LogP contribution in [0.4, 0.5) is 24.5 Å². The van der Waals surface area contributed by atoms with Crippen LogP contribution in [0.15, 0.2) is 60.3 Å². The van der Waals surface area contributed by atoms with Crippen LogP contribution < -0.4 is 9.80 Å². The lowest BCUT2D eigenvalue weighted by Crippen LogP contribution is -2.53. The summed E-state index contributed by atoms with van der Waals surface area (Å²) in [7, 11) is 0. The van der Waals surface area contributed by atoms with Crippen LogP contribution >= 0.6 is 0 Å². The Hall–Kier alpha value is -3.55. The lowest BCUT2D eigenvalue weighted by molar-refractivity contribution is -0.138. The van der Waals surface area contributed by atoms with Gasteiger partial charge in [-0.15, -0.1) is 0 Å². The molecule has 0 fully saturated rings. The normalized spacial score (nSPS) is 22.1. The minimum absolute atomic E-state index is 0.0262. The van der Waals surface area contributed by atoms with Crippen LogP contribution in [0.5, 0.6) is 5.75 Å². The topological polar surface area (TPSA) is 60.9 Å². The second-order valence-corrected chi connectivity index (χ2v) is 8.75. The van der Waals surface area contributed by atoms with E-state index in [4.69, 9.17) is 0 Å². The third-order valence-electron chi connectivity index (χ3n) is 6.89. The van der Waals surface area contributed by atoms with Gasteiger partial charge in [0.05, 0.1) is 16.9 Å². The number of rotatable bonds is 2. The molecule has 1 N–H and O–H groups in total. The molecule has 176 valence electrons. The van der Waals surface area contributed by atoms with Crippen LogP contribution in [-0.2, 0) is 27.6 Å². The largest absolute Gasteiger partial charge is 0.508 e. The Morgan fingerprint density at radius 1 is 1.03 bits per heavy atom. The molecule has 34 heavy (non-hydrogen) atoms. The minimum atomic E-state index is -4.61. The third-order valence-corrected chi connectivity index (χ3v) is 6.89. The highest BCUT2D eigenvalue weighted by Gasteiger charge is 2.57. The summed E-state index contributed by atoms with van der Waals surface area (Å²) in [6.07, 6.45) is 2.76. The Morgan fingerprint density at radius 2 is 1.82 bits per heavy atom. The quantitative estimate of drug-likeness (QED) is 0.614. The number of allylic oxidation sites excluding steroid dienone is 3. The van der Waals surface area contributed by atoms with Crippen LogP contribution in [-0.4, -0.2) is 23.5 Å². The van der Waals surface area contributed by atoms with Gasteiger partial charge in [0.1, 0.15) is 5.75 Å². The van der Waals surface area contributed by atoms with Gasteiger partial charge in [-0.1, -0.05) is 18.2 Å². The maximum atomic E-state index is 14.4. The van der Waals surface area contributed by atoms with Gasteiger partial charge in [-0.2, -0.15) is 13.2 Å². The highest BCUT2D eigenvalue weighted by atomic mass is 19.4. The fourth-order valence-electron chi connectivity index (χ4n) is 5.26. The van der Waals surface area contributed by atoms with E-state index in [2.05, 4.69) is 0 Å². The average molecular weight is 468 g/mol. The molecule has 3 aliphatic rings. The van der Waals surface area contributed by atoms with E-state index < -0.39 is 29.0 Å². The Kier molecular flexibility index (Phi) is 5.07. The zero-order valence-corrected chi connectivity index (χ0v) is 18.5. The fourth-order valence-corrected chi connectivity index (χ4v) is 5.26. The molecule has 1 atom stereocenters. The molecule has 1 unspecified atom stereocenters. The summed E-state index contributed by atoms with van der Waals surface area (Å²) in [5.74, 6) is -1.17. The number of anilines is 2. The van der Waals surface area contributed by atoms with Crippen LogP contribution in [0.1, 0.15) is 42.9 Å². The van der Waals surface area contributed by atoms with Gasteiger partial charge in [-0.05, 0) is 80.1 Å². The lowest BCUT2D eigenvalue weighted by atomic mass is 9.78.